The van der Waals surface area contributed by atoms with Crippen LogP contribution in [0.4, 0.5) is 4.39 Å². The Morgan fingerprint density at radius 3 is 2.70 bits per heavy atom. The lowest BCUT2D eigenvalue weighted by atomic mass is 10.2. The van der Waals surface area contributed by atoms with Crippen LogP contribution in [0, 0.1) is 5.82 Å². The topological polar surface area (TPSA) is 49.5 Å². The number of hydrogen-bond donors (Lipinski definition) is 1. The van der Waals surface area contributed by atoms with Crippen LogP contribution < -0.4 is 0 Å². The monoisotopic (exact) mass is 278 g/mol. The van der Waals surface area contributed by atoms with E-state index in [0.717, 1.165) is 24.2 Å². The average molecular weight is 278 g/mol. The molecule has 2 aromatic rings. The molecule has 0 saturated carbocycles. The maximum absolute atomic E-state index is 12.9. The van der Waals surface area contributed by atoms with Crippen LogP contribution >= 0.6 is 0 Å². The molecule has 0 amide bonds. The Morgan fingerprint density at radius 2 is 2.05 bits per heavy atom. The van der Waals surface area contributed by atoms with Crippen molar-refractivity contribution in [3.05, 3.63) is 42.0 Å². The fourth-order valence-corrected chi connectivity index (χ4v) is 1.87. The number of oxazole rings is 1. The Labute approximate surface area is 117 Å². The Hall–Kier alpha value is -1.72. The van der Waals surface area contributed by atoms with Crippen molar-refractivity contribution in [3.8, 4) is 11.5 Å². The van der Waals surface area contributed by atoms with E-state index < -0.39 is 0 Å². The maximum Gasteiger partial charge on any atom is 0.226 e. The van der Waals surface area contributed by atoms with Crippen LogP contribution in [0.15, 0.2) is 34.9 Å². The molecule has 5 heteroatoms. The van der Waals surface area contributed by atoms with Crippen LogP contribution in [0.5, 0.6) is 0 Å². The molecule has 1 atom stereocenters. The molecule has 0 fully saturated rings. The normalized spacial score (nSPS) is 12.8. The first-order valence-corrected chi connectivity index (χ1v) is 6.61. The van der Waals surface area contributed by atoms with E-state index in [1.54, 1.807) is 25.3 Å². The second-order valence-electron chi connectivity index (χ2n) is 5.03. The van der Waals surface area contributed by atoms with E-state index >= 15 is 0 Å². The molecular weight excluding hydrogens is 259 g/mol. The number of aliphatic hydroxyl groups excluding tert-OH is 1. The molecule has 2 rings (SSSR count). The van der Waals surface area contributed by atoms with Crippen molar-refractivity contribution in [2.75, 3.05) is 13.6 Å². The number of hydrogen-bond acceptors (Lipinski definition) is 4. The number of benzene rings is 1. The summed E-state index contributed by atoms with van der Waals surface area (Å²) in [6.45, 7) is 3.21. The van der Waals surface area contributed by atoms with Gasteiger partial charge in [0.25, 0.3) is 0 Å². The minimum absolute atomic E-state index is 0.279. The van der Waals surface area contributed by atoms with Crippen LogP contribution in [0.3, 0.4) is 0 Å². The van der Waals surface area contributed by atoms with Crippen molar-refractivity contribution >= 4 is 0 Å². The molecule has 0 aliphatic rings. The molecule has 108 valence electrons. The zero-order valence-electron chi connectivity index (χ0n) is 11.7. The van der Waals surface area contributed by atoms with Crippen molar-refractivity contribution in [2.45, 2.75) is 26.0 Å². The lowest BCUT2D eigenvalue weighted by Crippen LogP contribution is -2.22. The minimum Gasteiger partial charge on any atom is -0.444 e. The van der Waals surface area contributed by atoms with E-state index in [9.17, 15) is 9.50 Å². The average Bonchev–Trinajstić information content (AvgIpc) is 2.85. The summed E-state index contributed by atoms with van der Waals surface area (Å²) in [7, 11) is 1.97. The van der Waals surface area contributed by atoms with E-state index in [4.69, 9.17) is 4.42 Å². The van der Waals surface area contributed by atoms with Gasteiger partial charge in [0, 0.05) is 18.7 Å². The number of halogens is 1. The molecule has 1 aromatic heterocycles. The number of rotatable bonds is 6. The van der Waals surface area contributed by atoms with Crippen LogP contribution in [-0.4, -0.2) is 34.7 Å². The van der Waals surface area contributed by atoms with Gasteiger partial charge in [0.2, 0.25) is 5.89 Å². The SMILES string of the molecule is CC(O)CCN(C)Cc1coc(-c2ccc(F)cc2)n1. The zero-order chi connectivity index (χ0) is 14.5. The van der Waals surface area contributed by atoms with Crippen LogP contribution in [-0.2, 0) is 6.54 Å². The van der Waals surface area contributed by atoms with Crippen molar-refractivity contribution in [3.63, 3.8) is 0 Å². The summed E-state index contributed by atoms with van der Waals surface area (Å²) in [6, 6.07) is 6.05. The molecular formula is C15H19FN2O2. The minimum atomic E-state index is -0.301. The van der Waals surface area contributed by atoms with Gasteiger partial charge in [-0.1, -0.05) is 0 Å². The molecule has 0 radical (unpaired) electrons. The first kappa shape index (κ1) is 14.7. The van der Waals surface area contributed by atoms with E-state index in [1.807, 2.05) is 7.05 Å². The van der Waals surface area contributed by atoms with E-state index in [-0.39, 0.29) is 11.9 Å². The van der Waals surface area contributed by atoms with Crippen LogP contribution in [0.25, 0.3) is 11.5 Å². The van der Waals surface area contributed by atoms with Gasteiger partial charge in [0.15, 0.2) is 0 Å². The predicted octanol–water partition coefficient (Wildman–Crippen LogP) is 2.68. The summed E-state index contributed by atoms with van der Waals surface area (Å²) in [6.07, 6.45) is 2.03. The third-order valence-electron chi connectivity index (χ3n) is 3.00. The smallest absolute Gasteiger partial charge is 0.226 e. The largest absolute Gasteiger partial charge is 0.444 e. The Balaban J connectivity index is 1.96. The van der Waals surface area contributed by atoms with Gasteiger partial charge in [0.05, 0.1) is 11.8 Å². The third-order valence-corrected chi connectivity index (χ3v) is 3.00. The Kier molecular flexibility index (Phi) is 4.87. The van der Waals surface area contributed by atoms with Gasteiger partial charge in [-0.15, -0.1) is 0 Å². The summed E-state index contributed by atoms with van der Waals surface area (Å²) < 4.78 is 18.3. The van der Waals surface area contributed by atoms with Gasteiger partial charge in [-0.3, -0.25) is 0 Å². The molecule has 0 aliphatic carbocycles. The third kappa shape index (κ3) is 4.15. The summed E-state index contributed by atoms with van der Waals surface area (Å²) in [4.78, 5) is 6.45. The number of nitrogens with zero attached hydrogens (tertiary/aromatic N) is 2. The lowest BCUT2D eigenvalue weighted by molar-refractivity contribution is 0.162. The first-order valence-electron chi connectivity index (χ1n) is 6.61. The van der Waals surface area contributed by atoms with Gasteiger partial charge in [-0.05, 0) is 44.7 Å². The molecule has 0 spiro atoms. The molecule has 1 heterocycles. The van der Waals surface area contributed by atoms with Crippen molar-refractivity contribution < 1.29 is 13.9 Å². The van der Waals surface area contributed by atoms with Crippen molar-refractivity contribution in [2.24, 2.45) is 0 Å². The molecule has 1 aromatic carbocycles. The highest BCUT2D eigenvalue weighted by atomic mass is 19.1. The fraction of sp³-hybridized carbons (Fsp3) is 0.400. The number of aliphatic hydroxyl groups is 1. The second-order valence-corrected chi connectivity index (χ2v) is 5.03. The highest BCUT2D eigenvalue weighted by molar-refractivity contribution is 5.52. The molecule has 0 aliphatic heterocycles. The maximum atomic E-state index is 12.9. The van der Waals surface area contributed by atoms with Gasteiger partial charge in [-0.2, -0.15) is 0 Å². The van der Waals surface area contributed by atoms with Crippen LogP contribution in [0.2, 0.25) is 0 Å². The molecule has 20 heavy (non-hydrogen) atoms. The predicted molar refractivity (Wildman–Crippen MR) is 74.5 cm³/mol. The number of aromatic nitrogens is 1. The van der Waals surface area contributed by atoms with Crippen LogP contribution in [0.1, 0.15) is 19.0 Å². The highest BCUT2D eigenvalue weighted by Gasteiger charge is 2.09. The first-order chi connectivity index (χ1) is 9.54. The van der Waals surface area contributed by atoms with E-state index in [1.165, 1.54) is 12.1 Å². The van der Waals surface area contributed by atoms with E-state index in [0.29, 0.717) is 12.4 Å². The quantitative estimate of drug-likeness (QED) is 0.882. The zero-order valence-corrected chi connectivity index (χ0v) is 11.7. The second kappa shape index (κ2) is 6.63. The van der Waals surface area contributed by atoms with Crippen molar-refractivity contribution in [1.29, 1.82) is 0 Å². The highest BCUT2D eigenvalue weighted by Crippen LogP contribution is 2.19. The van der Waals surface area contributed by atoms with E-state index in [2.05, 4.69) is 9.88 Å². The van der Waals surface area contributed by atoms with Crippen molar-refractivity contribution in [1.82, 2.24) is 9.88 Å². The van der Waals surface area contributed by atoms with Gasteiger partial charge in [0.1, 0.15) is 12.1 Å². The molecule has 1 N–H and O–H groups in total. The molecule has 4 nitrogen and oxygen atoms in total. The van der Waals surface area contributed by atoms with Gasteiger partial charge in [-0.25, -0.2) is 9.37 Å². The molecule has 0 bridgehead atoms. The summed E-state index contributed by atoms with van der Waals surface area (Å²) in [5.41, 5.74) is 1.57. The summed E-state index contributed by atoms with van der Waals surface area (Å²) >= 11 is 0. The summed E-state index contributed by atoms with van der Waals surface area (Å²) in [5, 5.41) is 9.25. The standard InChI is InChI=1S/C15H19FN2O2/c1-11(19)7-8-18(2)9-14-10-20-15(17-14)12-3-5-13(16)6-4-12/h3-6,10-11,19H,7-9H2,1-2H3. The molecule has 1 unspecified atom stereocenters. The van der Waals surface area contributed by atoms with Gasteiger partial charge >= 0.3 is 0 Å². The Morgan fingerprint density at radius 1 is 1.35 bits per heavy atom. The Bertz CT molecular complexity index is 537. The summed E-state index contributed by atoms with van der Waals surface area (Å²) in [5.74, 6) is 0.210. The molecule has 0 saturated heterocycles. The lowest BCUT2D eigenvalue weighted by Gasteiger charge is -2.15. The fourth-order valence-electron chi connectivity index (χ4n) is 1.87. The van der Waals surface area contributed by atoms with Gasteiger partial charge < -0.3 is 14.4 Å².